The largest absolute Gasteiger partial charge is 0.367 e. The molecule has 1 atom stereocenters. The molecule has 1 aliphatic heterocycles. The molecular weight excluding hydrogens is 296 g/mol. The number of carbonyl (C=O) groups is 1. The Labute approximate surface area is 122 Å². The molecule has 1 heterocycles. The fourth-order valence-corrected chi connectivity index (χ4v) is 4.09. The van der Waals surface area contributed by atoms with Crippen LogP contribution in [0.5, 0.6) is 0 Å². The first-order valence-corrected chi connectivity index (χ1v) is 8.30. The molecule has 1 aromatic carbocycles. The summed E-state index contributed by atoms with van der Waals surface area (Å²) in [4.78, 5) is 23.7. The number of benzene rings is 1. The number of sulfone groups is 1. The number of nitrogens with zero attached hydrogens (tertiary/aromatic N) is 2. The van der Waals surface area contributed by atoms with Crippen molar-refractivity contribution in [3.05, 3.63) is 33.9 Å². The molecule has 1 aliphatic rings. The van der Waals surface area contributed by atoms with Gasteiger partial charge in [0.25, 0.3) is 5.69 Å². The monoisotopic (exact) mass is 312 g/mol. The lowest BCUT2D eigenvalue weighted by atomic mass is 10.1. The molecule has 8 heteroatoms. The number of nitro benzene ring substituents is 1. The summed E-state index contributed by atoms with van der Waals surface area (Å²) in [6.45, 7) is 3.33. The molecule has 0 spiro atoms. The van der Waals surface area contributed by atoms with Gasteiger partial charge in [0.2, 0.25) is 0 Å². The summed E-state index contributed by atoms with van der Waals surface area (Å²) in [6.07, 6.45) is 0. The lowest BCUT2D eigenvalue weighted by molar-refractivity contribution is -0.385. The molecule has 114 valence electrons. The van der Waals surface area contributed by atoms with E-state index in [1.54, 1.807) is 13.0 Å². The molecule has 1 unspecified atom stereocenters. The molecule has 0 aromatic heterocycles. The minimum Gasteiger partial charge on any atom is -0.367 e. The number of anilines is 1. The quantitative estimate of drug-likeness (QED) is 0.475. The minimum absolute atomic E-state index is 0.0231. The van der Waals surface area contributed by atoms with Crippen molar-refractivity contribution in [2.75, 3.05) is 23.0 Å². The van der Waals surface area contributed by atoms with E-state index in [0.717, 1.165) is 0 Å². The average Bonchev–Trinajstić information content (AvgIpc) is 2.36. The highest BCUT2D eigenvalue weighted by atomic mass is 32.2. The Morgan fingerprint density at radius 3 is 2.62 bits per heavy atom. The molecule has 2 rings (SSSR count). The van der Waals surface area contributed by atoms with Crippen LogP contribution in [0.25, 0.3) is 0 Å². The minimum atomic E-state index is -3.05. The zero-order chi connectivity index (χ0) is 15.8. The summed E-state index contributed by atoms with van der Waals surface area (Å²) in [5, 5.41) is 11.1. The molecule has 1 saturated heterocycles. The summed E-state index contributed by atoms with van der Waals surface area (Å²) in [5.74, 6) is -0.322. The van der Waals surface area contributed by atoms with Crippen LogP contribution in [-0.4, -0.2) is 43.2 Å². The van der Waals surface area contributed by atoms with E-state index in [4.69, 9.17) is 0 Å². The normalized spacial score (nSPS) is 21.0. The molecule has 0 radical (unpaired) electrons. The smallest absolute Gasteiger partial charge is 0.282 e. The molecule has 0 saturated carbocycles. The highest BCUT2D eigenvalue weighted by Gasteiger charge is 2.29. The Kier molecular flexibility index (Phi) is 3.99. The molecule has 0 aliphatic carbocycles. The van der Waals surface area contributed by atoms with Crippen molar-refractivity contribution < 1.29 is 18.1 Å². The van der Waals surface area contributed by atoms with Crippen LogP contribution in [0.4, 0.5) is 11.4 Å². The lowest BCUT2D eigenvalue weighted by Crippen LogP contribution is -2.47. The van der Waals surface area contributed by atoms with Crippen LogP contribution < -0.4 is 4.90 Å². The van der Waals surface area contributed by atoms with Crippen molar-refractivity contribution in [2.24, 2.45) is 0 Å². The molecule has 1 aromatic rings. The molecule has 7 nitrogen and oxygen atoms in total. The first-order chi connectivity index (χ1) is 9.71. The predicted molar refractivity (Wildman–Crippen MR) is 78.6 cm³/mol. The average molecular weight is 312 g/mol. The van der Waals surface area contributed by atoms with Gasteiger partial charge in [-0.3, -0.25) is 14.9 Å². The van der Waals surface area contributed by atoms with Gasteiger partial charge < -0.3 is 4.90 Å². The van der Waals surface area contributed by atoms with Crippen LogP contribution in [0.2, 0.25) is 0 Å². The topological polar surface area (TPSA) is 97.6 Å². The van der Waals surface area contributed by atoms with Gasteiger partial charge in [-0.05, 0) is 26.0 Å². The van der Waals surface area contributed by atoms with Gasteiger partial charge >= 0.3 is 0 Å². The van der Waals surface area contributed by atoms with Crippen molar-refractivity contribution in [1.82, 2.24) is 0 Å². The van der Waals surface area contributed by atoms with Crippen molar-refractivity contribution in [1.29, 1.82) is 0 Å². The van der Waals surface area contributed by atoms with Gasteiger partial charge in [0.15, 0.2) is 15.6 Å². The van der Waals surface area contributed by atoms with E-state index in [1.807, 2.05) is 4.90 Å². The second-order valence-corrected chi connectivity index (χ2v) is 7.40. The third-order valence-electron chi connectivity index (χ3n) is 3.56. The summed E-state index contributed by atoms with van der Waals surface area (Å²) in [7, 11) is -3.05. The second kappa shape index (κ2) is 5.44. The number of rotatable bonds is 3. The zero-order valence-electron chi connectivity index (χ0n) is 11.8. The Hall–Kier alpha value is -1.96. The van der Waals surface area contributed by atoms with Crippen molar-refractivity contribution in [3.63, 3.8) is 0 Å². The molecule has 1 fully saturated rings. The van der Waals surface area contributed by atoms with E-state index < -0.39 is 14.8 Å². The van der Waals surface area contributed by atoms with Crippen LogP contribution in [0.3, 0.4) is 0 Å². The third-order valence-corrected chi connectivity index (χ3v) is 5.35. The number of carbonyl (C=O) groups excluding carboxylic acids is 1. The number of hydrogen-bond acceptors (Lipinski definition) is 6. The van der Waals surface area contributed by atoms with Crippen LogP contribution >= 0.6 is 0 Å². The summed E-state index contributed by atoms with van der Waals surface area (Å²) >= 11 is 0. The highest BCUT2D eigenvalue weighted by Crippen LogP contribution is 2.28. The molecular formula is C13H16N2O5S. The fraction of sp³-hybridized carbons (Fsp3) is 0.462. The van der Waals surface area contributed by atoms with Gasteiger partial charge in [-0.1, -0.05) is 0 Å². The van der Waals surface area contributed by atoms with Gasteiger partial charge in [-0.25, -0.2) is 8.42 Å². The number of nitro groups is 1. The third kappa shape index (κ3) is 3.21. The standard InChI is InChI=1S/C13H16N2O5S/c1-9-8-21(19,20)6-5-14(9)11-3-4-12(10(2)16)13(7-11)15(17)18/h3-4,7,9H,5-6,8H2,1-2H3. The SMILES string of the molecule is CC(=O)c1ccc(N2CCS(=O)(=O)CC2C)cc1[N+](=O)[O-]. The molecule has 0 amide bonds. The molecule has 21 heavy (non-hydrogen) atoms. The number of ketones is 1. The summed E-state index contributed by atoms with van der Waals surface area (Å²) in [5.41, 5.74) is 0.371. The van der Waals surface area contributed by atoms with Crippen LogP contribution in [-0.2, 0) is 9.84 Å². The van der Waals surface area contributed by atoms with E-state index in [2.05, 4.69) is 0 Å². The van der Waals surface area contributed by atoms with Crippen molar-refractivity contribution >= 4 is 27.0 Å². The van der Waals surface area contributed by atoms with E-state index >= 15 is 0 Å². The molecule has 0 N–H and O–H groups in total. The second-order valence-electron chi connectivity index (χ2n) is 5.17. The van der Waals surface area contributed by atoms with Crippen molar-refractivity contribution in [3.8, 4) is 0 Å². The van der Waals surface area contributed by atoms with Crippen LogP contribution in [0.15, 0.2) is 18.2 Å². The van der Waals surface area contributed by atoms with E-state index in [9.17, 15) is 23.3 Å². The van der Waals surface area contributed by atoms with Crippen LogP contribution in [0.1, 0.15) is 24.2 Å². The van der Waals surface area contributed by atoms with Gasteiger partial charge in [-0.15, -0.1) is 0 Å². The Morgan fingerprint density at radius 1 is 1.43 bits per heavy atom. The lowest BCUT2D eigenvalue weighted by Gasteiger charge is -2.35. The maximum atomic E-state index is 11.6. The van der Waals surface area contributed by atoms with Gasteiger partial charge in [-0.2, -0.15) is 0 Å². The van der Waals surface area contributed by atoms with E-state index in [0.29, 0.717) is 12.2 Å². The van der Waals surface area contributed by atoms with Gasteiger partial charge in [0, 0.05) is 24.3 Å². The highest BCUT2D eigenvalue weighted by molar-refractivity contribution is 7.91. The first kappa shape index (κ1) is 15.4. The summed E-state index contributed by atoms with van der Waals surface area (Å²) < 4.78 is 23.2. The summed E-state index contributed by atoms with van der Waals surface area (Å²) in [6, 6.07) is 4.13. The maximum absolute atomic E-state index is 11.6. The Balaban J connectivity index is 2.40. The Morgan fingerprint density at radius 2 is 2.10 bits per heavy atom. The fourth-order valence-electron chi connectivity index (χ4n) is 2.53. The van der Waals surface area contributed by atoms with Gasteiger partial charge in [0.05, 0.1) is 22.0 Å². The van der Waals surface area contributed by atoms with Gasteiger partial charge in [0.1, 0.15) is 0 Å². The first-order valence-electron chi connectivity index (χ1n) is 6.48. The van der Waals surface area contributed by atoms with E-state index in [1.165, 1.54) is 19.1 Å². The number of Topliss-reactive ketones (excluding diaryl/α,β-unsaturated/α-hetero) is 1. The van der Waals surface area contributed by atoms with Crippen molar-refractivity contribution in [2.45, 2.75) is 19.9 Å². The maximum Gasteiger partial charge on any atom is 0.282 e. The Bertz CT molecular complexity index is 699. The predicted octanol–water partition coefficient (Wildman–Crippen LogP) is 1.42. The van der Waals surface area contributed by atoms with Crippen LogP contribution in [0, 0.1) is 10.1 Å². The molecule has 0 bridgehead atoms. The zero-order valence-corrected chi connectivity index (χ0v) is 12.6. The van der Waals surface area contributed by atoms with E-state index in [-0.39, 0.29) is 34.6 Å². The number of hydrogen-bond donors (Lipinski definition) is 0.